The molecule has 7 heteroatoms. The SMILES string of the molecule is O=[N+]([O-])c1ccc(N2CC(F)(CO)C2)cn1. The minimum Gasteiger partial charge on any atom is -0.393 e. The Kier molecular flexibility index (Phi) is 2.47. The Morgan fingerprint density at radius 1 is 1.62 bits per heavy atom. The number of aromatic nitrogens is 1. The largest absolute Gasteiger partial charge is 0.393 e. The molecule has 1 aliphatic heterocycles. The first-order valence-corrected chi connectivity index (χ1v) is 4.69. The lowest BCUT2D eigenvalue weighted by Crippen LogP contribution is -2.61. The average Bonchev–Trinajstić information content (AvgIpc) is 2.25. The van der Waals surface area contributed by atoms with Crippen molar-refractivity contribution in [3.8, 4) is 0 Å². The van der Waals surface area contributed by atoms with E-state index in [0.717, 1.165) is 0 Å². The standard InChI is InChI=1S/C9H10FN3O3/c10-9(6-14)4-12(5-9)7-1-2-8(11-3-7)13(15)16/h1-3,14H,4-6H2. The van der Waals surface area contributed by atoms with Gasteiger partial charge in [-0.1, -0.05) is 0 Å². The Bertz CT molecular complexity index is 403. The lowest BCUT2D eigenvalue weighted by molar-refractivity contribution is -0.389. The number of nitrogens with zero attached hydrogens (tertiary/aromatic N) is 3. The lowest BCUT2D eigenvalue weighted by Gasteiger charge is -2.44. The van der Waals surface area contributed by atoms with Crippen LogP contribution in [0.5, 0.6) is 0 Å². The van der Waals surface area contributed by atoms with Crippen molar-refractivity contribution < 1.29 is 14.4 Å². The van der Waals surface area contributed by atoms with Crippen LogP contribution in [0.4, 0.5) is 15.9 Å². The van der Waals surface area contributed by atoms with Gasteiger partial charge in [-0.05, 0) is 16.0 Å². The van der Waals surface area contributed by atoms with E-state index in [1.165, 1.54) is 18.3 Å². The van der Waals surface area contributed by atoms with Crippen LogP contribution in [-0.2, 0) is 0 Å². The molecule has 0 saturated carbocycles. The second kappa shape index (κ2) is 3.67. The van der Waals surface area contributed by atoms with Crippen LogP contribution in [0, 0.1) is 10.1 Å². The topological polar surface area (TPSA) is 79.5 Å². The summed E-state index contributed by atoms with van der Waals surface area (Å²) < 4.78 is 13.4. The van der Waals surface area contributed by atoms with Gasteiger partial charge in [0.15, 0.2) is 11.9 Å². The van der Waals surface area contributed by atoms with Crippen LogP contribution < -0.4 is 4.90 Å². The molecule has 1 aromatic heterocycles. The quantitative estimate of drug-likeness (QED) is 0.601. The van der Waals surface area contributed by atoms with Crippen LogP contribution in [0.2, 0.25) is 0 Å². The van der Waals surface area contributed by atoms with E-state index in [0.29, 0.717) is 5.69 Å². The van der Waals surface area contributed by atoms with Gasteiger partial charge >= 0.3 is 5.82 Å². The third-order valence-electron chi connectivity index (χ3n) is 2.52. The number of aliphatic hydroxyl groups excluding tert-OH is 1. The highest BCUT2D eigenvalue weighted by atomic mass is 19.1. The number of anilines is 1. The van der Waals surface area contributed by atoms with E-state index in [2.05, 4.69) is 4.98 Å². The van der Waals surface area contributed by atoms with Crippen LogP contribution in [-0.4, -0.2) is 40.4 Å². The molecular formula is C9H10FN3O3. The number of aliphatic hydroxyl groups is 1. The molecule has 2 rings (SSSR count). The maximum absolute atomic E-state index is 13.4. The molecule has 0 aromatic carbocycles. The van der Waals surface area contributed by atoms with E-state index in [9.17, 15) is 14.5 Å². The van der Waals surface area contributed by atoms with E-state index in [1.54, 1.807) is 4.90 Å². The predicted octanol–water partition coefficient (Wildman–Crippen LogP) is 0.510. The highest BCUT2D eigenvalue weighted by Crippen LogP contribution is 2.30. The monoisotopic (exact) mass is 227 g/mol. The van der Waals surface area contributed by atoms with Crippen molar-refractivity contribution >= 4 is 11.5 Å². The Hall–Kier alpha value is -1.76. The zero-order chi connectivity index (χ0) is 11.8. The minimum atomic E-state index is -1.55. The Balaban J connectivity index is 2.05. The molecule has 0 spiro atoms. The summed E-state index contributed by atoms with van der Waals surface area (Å²) in [7, 11) is 0. The van der Waals surface area contributed by atoms with E-state index in [-0.39, 0.29) is 18.9 Å². The summed E-state index contributed by atoms with van der Waals surface area (Å²) in [6, 6.07) is 2.79. The van der Waals surface area contributed by atoms with Gasteiger partial charge in [0.05, 0.1) is 25.4 Å². The highest BCUT2D eigenvalue weighted by molar-refractivity contribution is 5.50. The van der Waals surface area contributed by atoms with E-state index < -0.39 is 17.2 Å². The third kappa shape index (κ3) is 1.81. The molecule has 2 heterocycles. The van der Waals surface area contributed by atoms with Crippen molar-refractivity contribution in [1.82, 2.24) is 4.98 Å². The van der Waals surface area contributed by atoms with Crippen molar-refractivity contribution in [2.75, 3.05) is 24.6 Å². The fraction of sp³-hybridized carbons (Fsp3) is 0.444. The summed E-state index contributed by atoms with van der Waals surface area (Å²) in [5, 5.41) is 19.1. The Morgan fingerprint density at radius 2 is 2.31 bits per heavy atom. The first kappa shape index (κ1) is 10.7. The van der Waals surface area contributed by atoms with Crippen molar-refractivity contribution in [3.05, 3.63) is 28.4 Å². The van der Waals surface area contributed by atoms with Crippen molar-refractivity contribution in [2.24, 2.45) is 0 Å². The van der Waals surface area contributed by atoms with Gasteiger partial charge in [0, 0.05) is 6.07 Å². The fourth-order valence-corrected chi connectivity index (χ4v) is 1.59. The highest BCUT2D eigenvalue weighted by Gasteiger charge is 2.43. The summed E-state index contributed by atoms with van der Waals surface area (Å²) in [5.74, 6) is -0.238. The molecule has 1 aliphatic rings. The molecule has 6 nitrogen and oxygen atoms in total. The molecule has 1 saturated heterocycles. The second-order valence-electron chi connectivity index (χ2n) is 3.80. The van der Waals surface area contributed by atoms with E-state index in [4.69, 9.17) is 5.11 Å². The average molecular weight is 227 g/mol. The van der Waals surface area contributed by atoms with Crippen molar-refractivity contribution in [3.63, 3.8) is 0 Å². The number of pyridine rings is 1. The molecule has 1 N–H and O–H groups in total. The Morgan fingerprint density at radius 3 is 2.75 bits per heavy atom. The zero-order valence-corrected chi connectivity index (χ0v) is 8.34. The minimum absolute atomic E-state index is 0.0863. The number of rotatable bonds is 3. The second-order valence-corrected chi connectivity index (χ2v) is 3.80. The van der Waals surface area contributed by atoms with Gasteiger partial charge in [-0.25, -0.2) is 4.39 Å². The first-order chi connectivity index (χ1) is 7.54. The van der Waals surface area contributed by atoms with E-state index in [1.807, 2.05) is 0 Å². The molecule has 0 unspecified atom stereocenters. The third-order valence-corrected chi connectivity index (χ3v) is 2.52. The van der Waals surface area contributed by atoms with Gasteiger partial charge in [-0.3, -0.25) is 0 Å². The molecule has 0 amide bonds. The number of hydrogen-bond acceptors (Lipinski definition) is 5. The van der Waals surface area contributed by atoms with Gasteiger partial charge < -0.3 is 20.1 Å². The maximum atomic E-state index is 13.4. The smallest absolute Gasteiger partial charge is 0.363 e. The Labute approximate surface area is 90.5 Å². The lowest BCUT2D eigenvalue weighted by atomic mass is 9.97. The summed E-state index contributed by atoms with van der Waals surface area (Å²) in [6.45, 7) is -0.337. The first-order valence-electron chi connectivity index (χ1n) is 4.69. The maximum Gasteiger partial charge on any atom is 0.363 e. The molecule has 16 heavy (non-hydrogen) atoms. The molecular weight excluding hydrogens is 217 g/mol. The van der Waals surface area contributed by atoms with Gasteiger partial charge in [0.1, 0.15) is 0 Å². The molecule has 1 fully saturated rings. The zero-order valence-electron chi connectivity index (χ0n) is 8.34. The van der Waals surface area contributed by atoms with Gasteiger partial charge in [0.25, 0.3) is 0 Å². The van der Waals surface area contributed by atoms with Crippen molar-refractivity contribution in [2.45, 2.75) is 5.67 Å². The normalized spacial score (nSPS) is 18.0. The molecule has 0 bridgehead atoms. The van der Waals surface area contributed by atoms with Crippen molar-refractivity contribution in [1.29, 1.82) is 0 Å². The summed E-state index contributed by atoms with van der Waals surface area (Å²) in [5.41, 5.74) is -0.936. The molecule has 0 atom stereocenters. The molecule has 86 valence electrons. The molecule has 0 aliphatic carbocycles. The van der Waals surface area contributed by atoms with Crippen LogP contribution in [0.3, 0.4) is 0 Å². The number of halogens is 1. The molecule has 0 radical (unpaired) electrons. The summed E-state index contributed by atoms with van der Waals surface area (Å²) in [4.78, 5) is 15.0. The fourth-order valence-electron chi connectivity index (χ4n) is 1.59. The van der Waals surface area contributed by atoms with Crippen LogP contribution in [0.15, 0.2) is 18.3 Å². The van der Waals surface area contributed by atoms with Crippen LogP contribution in [0.25, 0.3) is 0 Å². The van der Waals surface area contributed by atoms with Gasteiger partial charge in [0.2, 0.25) is 0 Å². The molecule has 1 aromatic rings. The number of nitro groups is 1. The summed E-state index contributed by atoms with van der Waals surface area (Å²) >= 11 is 0. The number of alkyl halides is 1. The van der Waals surface area contributed by atoms with Crippen LogP contribution in [0.1, 0.15) is 0 Å². The number of hydrogen-bond donors (Lipinski definition) is 1. The van der Waals surface area contributed by atoms with Gasteiger partial charge in [-0.2, -0.15) is 0 Å². The summed E-state index contributed by atoms with van der Waals surface area (Å²) in [6.07, 6.45) is 1.33. The predicted molar refractivity (Wildman–Crippen MR) is 54.0 cm³/mol. The van der Waals surface area contributed by atoms with Gasteiger partial charge in [-0.15, -0.1) is 0 Å². The van der Waals surface area contributed by atoms with Crippen LogP contribution >= 0.6 is 0 Å². The van der Waals surface area contributed by atoms with E-state index >= 15 is 0 Å².